The minimum atomic E-state index is -0.867. The maximum Gasteiger partial charge on any atom is 0.336 e. The van der Waals surface area contributed by atoms with Crippen LogP contribution in [0.15, 0.2) is 35.7 Å². The van der Waals surface area contributed by atoms with Gasteiger partial charge in [-0.2, -0.15) is 0 Å². The molecule has 2 N–H and O–H groups in total. The van der Waals surface area contributed by atoms with Crippen LogP contribution >= 0.6 is 11.3 Å². The van der Waals surface area contributed by atoms with Gasteiger partial charge in [0.15, 0.2) is 0 Å². The van der Waals surface area contributed by atoms with Crippen LogP contribution in [0.3, 0.4) is 0 Å². The third-order valence-corrected chi connectivity index (χ3v) is 4.62. The Bertz CT molecular complexity index is 633. The molecule has 1 aliphatic heterocycles. The first-order valence-electron chi connectivity index (χ1n) is 7.12. The fourth-order valence-corrected chi connectivity index (χ4v) is 3.36. The van der Waals surface area contributed by atoms with Gasteiger partial charge in [0.1, 0.15) is 0 Å². The molecule has 0 radical (unpaired) electrons. The average Bonchev–Trinajstić information content (AvgIpc) is 3.17. The summed E-state index contributed by atoms with van der Waals surface area (Å²) in [6, 6.07) is 10.1. The smallest absolute Gasteiger partial charge is 0.336 e. The predicted octanol–water partition coefficient (Wildman–Crippen LogP) is 3.66. The van der Waals surface area contributed by atoms with Gasteiger partial charge >= 0.3 is 5.97 Å². The summed E-state index contributed by atoms with van der Waals surface area (Å²) in [6.07, 6.45) is 2.54. The lowest BCUT2D eigenvalue weighted by Gasteiger charge is -2.18. The van der Waals surface area contributed by atoms with Crippen LogP contribution in [-0.2, 0) is 6.54 Å². The van der Waals surface area contributed by atoms with Gasteiger partial charge in [0, 0.05) is 41.3 Å². The molecule has 0 amide bonds. The number of rotatable bonds is 5. The van der Waals surface area contributed by atoms with Gasteiger partial charge in [-0.15, -0.1) is 11.3 Å². The Hall–Kier alpha value is -2.01. The largest absolute Gasteiger partial charge is 0.478 e. The molecule has 1 aliphatic rings. The first-order chi connectivity index (χ1) is 10.2. The van der Waals surface area contributed by atoms with E-state index in [1.807, 2.05) is 6.07 Å². The molecule has 5 heteroatoms. The summed E-state index contributed by atoms with van der Waals surface area (Å²) in [7, 11) is 0. The molecule has 0 spiro atoms. The van der Waals surface area contributed by atoms with Gasteiger partial charge in [-0.05, 0) is 37.1 Å². The molecule has 2 aromatic rings. The van der Waals surface area contributed by atoms with Crippen molar-refractivity contribution in [1.29, 1.82) is 0 Å². The molecule has 21 heavy (non-hydrogen) atoms. The van der Waals surface area contributed by atoms with Gasteiger partial charge in [-0.1, -0.05) is 6.07 Å². The number of hydrogen-bond acceptors (Lipinski definition) is 4. The molecule has 1 aromatic carbocycles. The third kappa shape index (κ3) is 3.36. The summed E-state index contributed by atoms with van der Waals surface area (Å²) in [5.41, 5.74) is 2.70. The zero-order chi connectivity index (χ0) is 14.7. The van der Waals surface area contributed by atoms with E-state index in [4.69, 9.17) is 5.11 Å². The van der Waals surface area contributed by atoms with Crippen molar-refractivity contribution in [2.24, 2.45) is 0 Å². The number of carboxylic acid groups (broad SMARTS) is 1. The maximum atomic E-state index is 10.9. The van der Waals surface area contributed by atoms with Crippen molar-refractivity contribution in [3.05, 3.63) is 46.2 Å². The second-order valence-electron chi connectivity index (χ2n) is 5.20. The summed E-state index contributed by atoms with van der Waals surface area (Å²) in [5.74, 6) is -0.867. The van der Waals surface area contributed by atoms with Gasteiger partial charge in [0.25, 0.3) is 0 Å². The lowest BCUT2D eigenvalue weighted by molar-refractivity contribution is 0.0697. The van der Waals surface area contributed by atoms with E-state index in [-0.39, 0.29) is 0 Å². The Balaban J connectivity index is 1.64. The molecule has 2 heterocycles. The summed E-state index contributed by atoms with van der Waals surface area (Å²) in [5, 5.41) is 14.0. The summed E-state index contributed by atoms with van der Waals surface area (Å²) >= 11 is 1.47. The number of aromatic carboxylic acids is 1. The number of nitrogens with one attached hydrogen (secondary N) is 1. The van der Waals surface area contributed by atoms with Crippen LogP contribution in [0.1, 0.15) is 28.1 Å². The monoisotopic (exact) mass is 302 g/mol. The second-order valence-corrected chi connectivity index (χ2v) is 6.20. The van der Waals surface area contributed by atoms with Crippen molar-refractivity contribution in [2.45, 2.75) is 19.4 Å². The Morgan fingerprint density at radius 3 is 2.81 bits per heavy atom. The number of anilines is 2. The SMILES string of the molecule is O=C(O)c1csc(CNc2cccc(N3CCCC3)c2)c1. The number of thiophene rings is 1. The highest BCUT2D eigenvalue weighted by Gasteiger charge is 2.12. The van der Waals surface area contributed by atoms with E-state index >= 15 is 0 Å². The number of benzene rings is 1. The summed E-state index contributed by atoms with van der Waals surface area (Å²) in [6.45, 7) is 2.92. The Kier molecular flexibility index (Phi) is 4.10. The minimum absolute atomic E-state index is 0.364. The Labute approximate surface area is 128 Å². The van der Waals surface area contributed by atoms with Crippen LogP contribution in [0.25, 0.3) is 0 Å². The normalized spacial score (nSPS) is 14.4. The van der Waals surface area contributed by atoms with Crippen LogP contribution in [0, 0.1) is 0 Å². The summed E-state index contributed by atoms with van der Waals surface area (Å²) in [4.78, 5) is 14.3. The lowest BCUT2D eigenvalue weighted by Crippen LogP contribution is -2.17. The first-order valence-corrected chi connectivity index (χ1v) is 8.00. The lowest BCUT2D eigenvalue weighted by atomic mass is 10.2. The van der Waals surface area contributed by atoms with Crippen LogP contribution in [-0.4, -0.2) is 24.2 Å². The van der Waals surface area contributed by atoms with Gasteiger partial charge in [0.05, 0.1) is 5.56 Å². The molecule has 0 unspecified atom stereocenters. The van der Waals surface area contributed by atoms with Crippen molar-refractivity contribution in [3.63, 3.8) is 0 Å². The van der Waals surface area contributed by atoms with Gasteiger partial charge in [-0.25, -0.2) is 4.79 Å². The fraction of sp³-hybridized carbons (Fsp3) is 0.312. The number of carbonyl (C=O) groups is 1. The van der Waals surface area contributed by atoms with E-state index in [0.29, 0.717) is 12.1 Å². The highest BCUT2D eigenvalue weighted by molar-refractivity contribution is 7.10. The van der Waals surface area contributed by atoms with E-state index in [0.717, 1.165) is 23.7 Å². The summed E-state index contributed by atoms with van der Waals surface area (Å²) < 4.78 is 0. The highest BCUT2D eigenvalue weighted by atomic mass is 32.1. The maximum absolute atomic E-state index is 10.9. The van der Waals surface area contributed by atoms with Gasteiger partial charge in [0.2, 0.25) is 0 Å². The molecule has 1 saturated heterocycles. The van der Waals surface area contributed by atoms with E-state index in [9.17, 15) is 4.79 Å². The zero-order valence-electron chi connectivity index (χ0n) is 11.7. The highest BCUT2D eigenvalue weighted by Crippen LogP contribution is 2.24. The Morgan fingerprint density at radius 1 is 1.29 bits per heavy atom. The molecule has 4 nitrogen and oxygen atoms in total. The average molecular weight is 302 g/mol. The molecule has 110 valence electrons. The van der Waals surface area contributed by atoms with Crippen LogP contribution in [0.5, 0.6) is 0 Å². The van der Waals surface area contributed by atoms with Crippen LogP contribution in [0.2, 0.25) is 0 Å². The minimum Gasteiger partial charge on any atom is -0.478 e. The van der Waals surface area contributed by atoms with Crippen LogP contribution < -0.4 is 10.2 Å². The Morgan fingerprint density at radius 2 is 2.10 bits per heavy atom. The number of hydrogen-bond donors (Lipinski definition) is 2. The third-order valence-electron chi connectivity index (χ3n) is 3.68. The molecular weight excluding hydrogens is 284 g/mol. The number of nitrogens with zero attached hydrogens (tertiary/aromatic N) is 1. The van der Waals surface area contributed by atoms with E-state index in [2.05, 4.69) is 28.4 Å². The molecule has 0 saturated carbocycles. The fourth-order valence-electron chi connectivity index (χ4n) is 2.56. The molecule has 3 rings (SSSR count). The molecule has 0 aliphatic carbocycles. The van der Waals surface area contributed by atoms with E-state index in [1.54, 1.807) is 11.4 Å². The van der Waals surface area contributed by atoms with Crippen molar-refractivity contribution in [1.82, 2.24) is 0 Å². The predicted molar refractivity (Wildman–Crippen MR) is 86.5 cm³/mol. The zero-order valence-corrected chi connectivity index (χ0v) is 12.5. The molecular formula is C16H18N2O2S. The molecule has 0 bridgehead atoms. The quantitative estimate of drug-likeness (QED) is 0.885. The van der Waals surface area contributed by atoms with Gasteiger partial charge < -0.3 is 15.3 Å². The van der Waals surface area contributed by atoms with E-state index < -0.39 is 5.97 Å². The number of carboxylic acids is 1. The van der Waals surface area contributed by atoms with E-state index in [1.165, 1.54) is 29.9 Å². The van der Waals surface area contributed by atoms with Crippen molar-refractivity contribution < 1.29 is 9.90 Å². The second kappa shape index (κ2) is 6.18. The molecule has 1 fully saturated rings. The van der Waals surface area contributed by atoms with Crippen molar-refractivity contribution >= 4 is 28.7 Å². The molecule has 0 atom stereocenters. The van der Waals surface area contributed by atoms with Gasteiger partial charge in [-0.3, -0.25) is 0 Å². The first kappa shape index (κ1) is 13.9. The standard InChI is InChI=1S/C16H18N2O2S/c19-16(20)12-8-15(21-11-12)10-17-13-4-3-5-14(9-13)18-6-1-2-7-18/h3-5,8-9,11,17H,1-2,6-7,10H2,(H,19,20). The van der Waals surface area contributed by atoms with Crippen molar-refractivity contribution in [2.75, 3.05) is 23.3 Å². The molecule has 1 aromatic heterocycles. The van der Waals surface area contributed by atoms with Crippen molar-refractivity contribution in [3.8, 4) is 0 Å². The topological polar surface area (TPSA) is 52.6 Å². The van der Waals surface area contributed by atoms with Crippen LogP contribution in [0.4, 0.5) is 11.4 Å².